The van der Waals surface area contributed by atoms with Crippen LogP contribution in [0.25, 0.3) is 0 Å². The molecule has 0 bridgehead atoms. The summed E-state index contributed by atoms with van der Waals surface area (Å²) in [5.74, 6) is 1.01. The van der Waals surface area contributed by atoms with Gasteiger partial charge in [-0.3, -0.25) is 4.79 Å². The van der Waals surface area contributed by atoms with E-state index in [1.54, 1.807) is 0 Å². The van der Waals surface area contributed by atoms with E-state index in [1.165, 1.54) is 0 Å². The molecule has 0 aromatic heterocycles. The molecule has 1 aromatic rings. The zero-order valence-electron chi connectivity index (χ0n) is 12.5. The Morgan fingerprint density at radius 1 is 1.38 bits per heavy atom. The van der Waals surface area contributed by atoms with Crippen LogP contribution in [-0.4, -0.2) is 42.7 Å². The average molecular weight is 356 g/mol. The lowest BCUT2D eigenvalue weighted by Gasteiger charge is -2.35. The molecule has 0 spiro atoms. The Kier molecular flexibility index (Phi) is 6.06. The molecule has 1 aliphatic rings. The van der Waals surface area contributed by atoms with Crippen molar-refractivity contribution < 1.29 is 14.3 Å². The highest BCUT2D eigenvalue weighted by atomic mass is 79.9. The highest BCUT2D eigenvalue weighted by Crippen LogP contribution is 2.18. The van der Waals surface area contributed by atoms with E-state index in [2.05, 4.69) is 15.9 Å². The first-order valence-corrected chi connectivity index (χ1v) is 8.15. The maximum Gasteiger partial charge on any atom is 0.222 e. The highest BCUT2D eigenvalue weighted by molar-refractivity contribution is 9.10. The van der Waals surface area contributed by atoms with E-state index in [9.17, 15) is 4.79 Å². The molecule has 1 heterocycles. The molecule has 1 aliphatic heterocycles. The molecule has 2 atom stereocenters. The van der Waals surface area contributed by atoms with E-state index in [4.69, 9.17) is 9.47 Å². The lowest BCUT2D eigenvalue weighted by atomic mass is 10.2. The van der Waals surface area contributed by atoms with Crippen LogP contribution in [0.1, 0.15) is 26.7 Å². The lowest BCUT2D eigenvalue weighted by Crippen LogP contribution is -2.48. The van der Waals surface area contributed by atoms with Gasteiger partial charge in [0, 0.05) is 24.0 Å². The molecule has 5 heteroatoms. The lowest BCUT2D eigenvalue weighted by molar-refractivity contribution is -0.143. The van der Waals surface area contributed by atoms with Gasteiger partial charge in [0.15, 0.2) is 0 Å². The summed E-state index contributed by atoms with van der Waals surface area (Å²) in [6.45, 7) is 5.95. The van der Waals surface area contributed by atoms with Crippen LogP contribution in [0, 0.1) is 0 Å². The number of morpholine rings is 1. The minimum Gasteiger partial charge on any atom is -0.494 e. The monoisotopic (exact) mass is 355 g/mol. The SMILES string of the molecule is CC1CN(C(=O)CCCOc2cccc(Br)c2)CC(C)O1. The predicted octanol–water partition coefficient (Wildman–Crippen LogP) is 3.24. The minimum atomic E-state index is 0.121. The summed E-state index contributed by atoms with van der Waals surface area (Å²) in [6.07, 6.45) is 1.49. The fraction of sp³-hybridized carbons (Fsp3) is 0.562. The van der Waals surface area contributed by atoms with Gasteiger partial charge in [0.1, 0.15) is 5.75 Å². The molecule has 116 valence electrons. The third-order valence-electron chi connectivity index (χ3n) is 3.37. The van der Waals surface area contributed by atoms with Crippen molar-refractivity contribution in [3.05, 3.63) is 28.7 Å². The Bertz CT molecular complexity index is 470. The number of nitrogens with zero attached hydrogens (tertiary/aromatic N) is 1. The zero-order valence-corrected chi connectivity index (χ0v) is 14.1. The average Bonchev–Trinajstić information content (AvgIpc) is 2.42. The van der Waals surface area contributed by atoms with Crippen molar-refractivity contribution in [2.24, 2.45) is 0 Å². The number of halogens is 1. The first kappa shape index (κ1) is 16.3. The number of carbonyl (C=O) groups excluding carboxylic acids is 1. The topological polar surface area (TPSA) is 38.8 Å². The second-order valence-electron chi connectivity index (χ2n) is 5.47. The molecule has 1 fully saturated rings. The molecular formula is C16H22BrNO3. The number of rotatable bonds is 5. The molecular weight excluding hydrogens is 334 g/mol. The van der Waals surface area contributed by atoms with E-state index in [1.807, 2.05) is 43.0 Å². The van der Waals surface area contributed by atoms with Crippen molar-refractivity contribution in [2.45, 2.75) is 38.9 Å². The fourth-order valence-corrected chi connectivity index (χ4v) is 2.89. The number of carbonyl (C=O) groups is 1. The molecule has 0 aliphatic carbocycles. The van der Waals surface area contributed by atoms with Crippen LogP contribution in [0.15, 0.2) is 28.7 Å². The van der Waals surface area contributed by atoms with Gasteiger partial charge in [-0.05, 0) is 38.5 Å². The number of amides is 1. The van der Waals surface area contributed by atoms with Gasteiger partial charge in [0.05, 0.1) is 18.8 Å². The van der Waals surface area contributed by atoms with E-state index in [0.717, 1.165) is 16.6 Å². The van der Waals surface area contributed by atoms with Crippen LogP contribution in [0.3, 0.4) is 0 Å². The smallest absolute Gasteiger partial charge is 0.222 e. The number of hydrogen-bond donors (Lipinski definition) is 0. The standard InChI is InChI=1S/C16H22BrNO3/c1-12-10-18(11-13(2)21-12)16(19)7-4-8-20-15-6-3-5-14(17)9-15/h3,5-6,9,12-13H,4,7-8,10-11H2,1-2H3. The largest absolute Gasteiger partial charge is 0.494 e. The summed E-state index contributed by atoms with van der Waals surface area (Å²) >= 11 is 3.40. The van der Waals surface area contributed by atoms with Crippen LogP contribution in [0.2, 0.25) is 0 Å². The Morgan fingerprint density at radius 2 is 2.10 bits per heavy atom. The molecule has 4 nitrogen and oxygen atoms in total. The number of hydrogen-bond acceptors (Lipinski definition) is 3. The Morgan fingerprint density at radius 3 is 2.76 bits per heavy atom. The number of ether oxygens (including phenoxy) is 2. The van der Waals surface area contributed by atoms with Crippen molar-refractivity contribution >= 4 is 21.8 Å². The minimum absolute atomic E-state index is 0.121. The van der Waals surface area contributed by atoms with Gasteiger partial charge in [-0.2, -0.15) is 0 Å². The van der Waals surface area contributed by atoms with Crippen molar-refractivity contribution in [1.82, 2.24) is 4.90 Å². The maximum absolute atomic E-state index is 12.2. The second-order valence-corrected chi connectivity index (χ2v) is 6.38. The first-order chi connectivity index (χ1) is 10.0. The van der Waals surface area contributed by atoms with Gasteiger partial charge in [-0.1, -0.05) is 22.0 Å². The highest BCUT2D eigenvalue weighted by Gasteiger charge is 2.25. The molecule has 0 saturated carbocycles. The molecule has 0 radical (unpaired) electrons. The molecule has 1 aromatic carbocycles. The Labute approximate surface area is 134 Å². The Balaban J connectivity index is 1.69. The van der Waals surface area contributed by atoms with Gasteiger partial charge in [-0.15, -0.1) is 0 Å². The molecule has 21 heavy (non-hydrogen) atoms. The molecule has 2 rings (SSSR count). The van der Waals surface area contributed by atoms with Crippen LogP contribution in [0.5, 0.6) is 5.75 Å². The normalized spacial score (nSPS) is 22.1. The van der Waals surface area contributed by atoms with E-state index < -0.39 is 0 Å². The zero-order chi connectivity index (χ0) is 15.2. The third-order valence-corrected chi connectivity index (χ3v) is 3.87. The van der Waals surface area contributed by atoms with Crippen LogP contribution < -0.4 is 4.74 Å². The second kappa shape index (κ2) is 7.80. The molecule has 1 saturated heterocycles. The van der Waals surface area contributed by atoms with Crippen molar-refractivity contribution in [3.8, 4) is 5.75 Å². The van der Waals surface area contributed by atoms with E-state index >= 15 is 0 Å². The van der Waals surface area contributed by atoms with Crippen molar-refractivity contribution in [1.29, 1.82) is 0 Å². The van der Waals surface area contributed by atoms with Gasteiger partial charge in [0.2, 0.25) is 5.91 Å². The van der Waals surface area contributed by atoms with E-state index in [-0.39, 0.29) is 18.1 Å². The summed E-state index contributed by atoms with van der Waals surface area (Å²) in [4.78, 5) is 14.1. The van der Waals surface area contributed by atoms with Crippen molar-refractivity contribution in [3.63, 3.8) is 0 Å². The van der Waals surface area contributed by atoms with Gasteiger partial charge >= 0.3 is 0 Å². The van der Waals surface area contributed by atoms with Gasteiger partial charge in [-0.25, -0.2) is 0 Å². The third kappa shape index (κ3) is 5.32. The maximum atomic E-state index is 12.2. The summed E-state index contributed by atoms with van der Waals surface area (Å²) in [6, 6.07) is 7.73. The molecule has 1 amide bonds. The summed E-state index contributed by atoms with van der Waals surface area (Å²) < 4.78 is 12.3. The van der Waals surface area contributed by atoms with Gasteiger partial charge < -0.3 is 14.4 Å². The summed E-state index contributed by atoms with van der Waals surface area (Å²) in [7, 11) is 0. The van der Waals surface area contributed by atoms with Crippen molar-refractivity contribution in [2.75, 3.05) is 19.7 Å². The summed E-state index contributed by atoms with van der Waals surface area (Å²) in [5, 5.41) is 0. The van der Waals surface area contributed by atoms with Gasteiger partial charge in [0.25, 0.3) is 0 Å². The quantitative estimate of drug-likeness (QED) is 0.761. The van der Waals surface area contributed by atoms with Crippen LogP contribution in [-0.2, 0) is 9.53 Å². The first-order valence-electron chi connectivity index (χ1n) is 7.36. The fourth-order valence-electron chi connectivity index (χ4n) is 2.51. The molecule has 0 N–H and O–H groups in total. The molecule has 2 unspecified atom stereocenters. The number of benzene rings is 1. The predicted molar refractivity (Wildman–Crippen MR) is 85.5 cm³/mol. The summed E-state index contributed by atoms with van der Waals surface area (Å²) in [5.41, 5.74) is 0. The Hall–Kier alpha value is -1.07. The van der Waals surface area contributed by atoms with Crippen LogP contribution >= 0.6 is 15.9 Å². The van der Waals surface area contributed by atoms with Crippen LogP contribution in [0.4, 0.5) is 0 Å². The van der Waals surface area contributed by atoms with E-state index in [0.29, 0.717) is 26.1 Å².